The number of nitro groups is 2. The lowest BCUT2D eigenvalue weighted by atomic mass is 10.1. The molecule has 0 saturated carbocycles. The van der Waals surface area contributed by atoms with Crippen LogP contribution in [0.2, 0.25) is 5.02 Å². The number of hydrogen-bond acceptors (Lipinski definition) is 7. The number of ether oxygens (including phenoxy) is 1. The van der Waals surface area contributed by atoms with Crippen molar-refractivity contribution in [2.75, 3.05) is 11.9 Å². The zero-order chi connectivity index (χ0) is 20.1. The van der Waals surface area contributed by atoms with Gasteiger partial charge in [0.2, 0.25) is 0 Å². The van der Waals surface area contributed by atoms with Crippen molar-refractivity contribution in [3.63, 3.8) is 0 Å². The molecule has 0 aromatic heterocycles. The molecular formula is C16H12ClN3O7. The summed E-state index contributed by atoms with van der Waals surface area (Å²) in [6.45, 7) is 0.745. The number of esters is 1. The van der Waals surface area contributed by atoms with Crippen molar-refractivity contribution in [2.45, 2.75) is 6.92 Å². The van der Waals surface area contributed by atoms with Crippen LogP contribution in [0.3, 0.4) is 0 Å². The highest BCUT2D eigenvalue weighted by atomic mass is 35.5. The second kappa shape index (κ2) is 8.23. The summed E-state index contributed by atoms with van der Waals surface area (Å²) in [7, 11) is 0. The minimum absolute atomic E-state index is 0.0711. The Balaban J connectivity index is 2.04. The number of anilines is 1. The summed E-state index contributed by atoms with van der Waals surface area (Å²) in [5.74, 6) is -1.80. The van der Waals surface area contributed by atoms with Gasteiger partial charge >= 0.3 is 5.97 Å². The monoisotopic (exact) mass is 393 g/mol. The number of benzene rings is 2. The normalized spacial score (nSPS) is 10.1. The third kappa shape index (κ3) is 4.76. The Hall–Kier alpha value is -3.53. The molecule has 0 saturated heterocycles. The molecule has 10 nitrogen and oxygen atoms in total. The van der Waals surface area contributed by atoms with Gasteiger partial charge in [-0.3, -0.25) is 25.0 Å². The molecule has 0 spiro atoms. The molecule has 0 atom stereocenters. The Morgan fingerprint density at radius 2 is 1.85 bits per heavy atom. The molecule has 0 radical (unpaired) electrons. The van der Waals surface area contributed by atoms with E-state index in [1.807, 2.05) is 0 Å². The van der Waals surface area contributed by atoms with Crippen LogP contribution in [0.25, 0.3) is 0 Å². The number of para-hydroxylation sites is 1. The summed E-state index contributed by atoms with van der Waals surface area (Å²) in [6.07, 6.45) is 0. The van der Waals surface area contributed by atoms with Crippen LogP contribution in [0, 0.1) is 27.2 Å². The predicted octanol–water partition coefficient (Wildman–Crippen LogP) is 3.26. The standard InChI is InChI=1S/C16H12ClN3O7/c1-9-3-2-4-11(15(9)20(25)26)16(22)27-8-14(21)18-13-6-5-10(19(23)24)7-12(13)17/h2-7H,8H2,1H3,(H,18,21). The van der Waals surface area contributed by atoms with Crippen molar-refractivity contribution in [3.8, 4) is 0 Å². The van der Waals surface area contributed by atoms with Gasteiger partial charge in [-0.25, -0.2) is 4.79 Å². The largest absolute Gasteiger partial charge is 0.452 e. The van der Waals surface area contributed by atoms with Crippen molar-refractivity contribution >= 4 is 40.5 Å². The molecule has 11 heteroatoms. The van der Waals surface area contributed by atoms with Gasteiger partial charge in [0.1, 0.15) is 5.56 Å². The molecular weight excluding hydrogens is 382 g/mol. The van der Waals surface area contributed by atoms with E-state index in [9.17, 15) is 29.8 Å². The van der Waals surface area contributed by atoms with Crippen LogP contribution in [0.4, 0.5) is 17.1 Å². The van der Waals surface area contributed by atoms with Gasteiger partial charge < -0.3 is 10.1 Å². The second-order valence-corrected chi connectivity index (χ2v) is 5.68. The first-order valence-electron chi connectivity index (χ1n) is 7.35. The molecule has 0 aliphatic heterocycles. The average molecular weight is 394 g/mol. The first-order valence-corrected chi connectivity index (χ1v) is 7.73. The number of carbonyl (C=O) groups is 2. The zero-order valence-corrected chi connectivity index (χ0v) is 14.6. The molecule has 1 amide bonds. The molecule has 0 fully saturated rings. The highest BCUT2D eigenvalue weighted by molar-refractivity contribution is 6.34. The van der Waals surface area contributed by atoms with Gasteiger partial charge in [0.05, 0.1) is 20.6 Å². The number of nitrogens with one attached hydrogen (secondary N) is 1. The maximum absolute atomic E-state index is 12.1. The van der Waals surface area contributed by atoms with Gasteiger partial charge in [-0.05, 0) is 19.1 Å². The van der Waals surface area contributed by atoms with E-state index in [1.54, 1.807) is 0 Å². The van der Waals surface area contributed by atoms with E-state index in [1.165, 1.54) is 31.2 Å². The van der Waals surface area contributed by atoms with Crippen molar-refractivity contribution in [1.82, 2.24) is 0 Å². The number of aryl methyl sites for hydroxylation is 1. The van der Waals surface area contributed by atoms with Gasteiger partial charge in [-0.2, -0.15) is 0 Å². The smallest absolute Gasteiger partial charge is 0.345 e. The number of carbonyl (C=O) groups excluding carboxylic acids is 2. The lowest BCUT2D eigenvalue weighted by Crippen LogP contribution is -2.21. The summed E-state index contributed by atoms with van der Waals surface area (Å²) >= 11 is 5.85. The lowest BCUT2D eigenvalue weighted by molar-refractivity contribution is -0.385. The zero-order valence-electron chi connectivity index (χ0n) is 13.8. The number of halogens is 1. The number of hydrogen-bond donors (Lipinski definition) is 1. The number of non-ortho nitro benzene ring substituents is 1. The van der Waals surface area contributed by atoms with E-state index in [2.05, 4.69) is 5.32 Å². The molecule has 0 heterocycles. The van der Waals surface area contributed by atoms with Crippen molar-refractivity contribution < 1.29 is 24.2 Å². The van der Waals surface area contributed by atoms with Crippen LogP contribution in [0.5, 0.6) is 0 Å². The minimum atomic E-state index is -1.03. The summed E-state index contributed by atoms with van der Waals surface area (Å²) in [6, 6.07) is 7.57. The van der Waals surface area contributed by atoms with E-state index in [4.69, 9.17) is 16.3 Å². The van der Waals surface area contributed by atoms with E-state index in [-0.39, 0.29) is 27.5 Å². The van der Waals surface area contributed by atoms with Crippen LogP contribution < -0.4 is 5.32 Å². The minimum Gasteiger partial charge on any atom is -0.452 e. The Morgan fingerprint density at radius 1 is 1.15 bits per heavy atom. The number of amides is 1. The van der Waals surface area contributed by atoms with Crippen LogP contribution in [0.1, 0.15) is 15.9 Å². The highest BCUT2D eigenvalue weighted by Crippen LogP contribution is 2.27. The summed E-state index contributed by atoms with van der Waals surface area (Å²) in [4.78, 5) is 44.3. The molecule has 0 bridgehead atoms. The number of nitrogens with zero attached hydrogens (tertiary/aromatic N) is 2. The maximum Gasteiger partial charge on any atom is 0.345 e. The topological polar surface area (TPSA) is 142 Å². The van der Waals surface area contributed by atoms with Crippen LogP contribution in [-0.4, -0.2) is 28.3 Å². The third-order valence-corrected chi connectivity index (χ3v) is 3.72. The fourth-order valence-corrected chi connectivity index (χ4v) is 2.40. The van der Waals surface area contributed by atoms with Crippen molar-refractivity contribution in [2.24, 2.45) is 0 Å². The molecule has 2 aromatic rings. The molecule has 2 aromatic carbocycles. The molecule has 0 aliphatic carbocycles. The fraction of sp³-hybridized carbons (Fsp3) is 0.125. The quantitative estimate of drug-likeness (QED) is 0.450. The van der Waals surface area contributed by atoms with Crippen molar-refractivity contribution in [1.29, 1.82) is 0 Å². The molecule has 0 unspecified atom stereocenters. The van der Waals surface area contributed by atoms with Gasteiger partial charge in [-0.15, -0.1) is 0 Å². The Kier molecular flexibility index (Phi) is 6.03. The molecule has 2 rings (SSSR count). The van der Waals surface area contributed by atoms with Crippen LogP contribution in [-0.2, 0) is 9.53 Å². The number of nitro benzene ring substituents is 2. The van der Waals surface area contributed by atoms with Gasteiger partial charge in [0, 0.05) is 17.7 Å². The highest BCUT2D eigenvalue weighted by Gasteiger charge is 2.24. The van der Waals surface area contributed by atoms with E-state index in [0.29, 0.717) is 0 Å². The van der Waals surface area contributed by atoms with Gasteiger partial charge in [-0.1, -0.05) is 23.7 Å². The molecule has 27 heavy (non-hydrogen) atoms. The SMILES string of the molecule is Cc1cccc(C(=O)OCC(=O)Nc2ccc([N+](=O)[O-])cc2Cl)c1[N+](=O)[O-]. The Bertz CT molecular complexity index is 946. The number of rotatable bonds is 6. The second-order valence-electron chi connectivity index (χ2n) is 5.27. The first kappa shape index (κ1) is 19.8. The lowest BCUT2D eigenvalue weighted by Gasteiger charge is -2.08. The summed E-state index contributed by atoms with van der Waals surface area (Å²) in [5.41, 5.74) is -0.569. The Labute approximate surface area is 157 Å². The van der Waals surface area contributed by atoms with Crippen LogP contribution >= 0.6 is 11.6 Å². The summed E-state index contributed by atoms with van der Waals surface area (Å²) in [5, 5.41) is 24.0. The average Bonchev–Trinajstić information content (AvgIpc) is 2.60. The van der Waals surface area contributed by atoms with E-state index < -0.39 is 34.0 Å². The third-order valence-electron chi connectivity index (χ3n) is 3.41. The summed E-state index contributed by atoms with van der Waals surface area (Å²) < 4.78 is 4.80. The Morgan fingerprint density at radius 3 is 2.44 bits per heavy atom. The maximum atomic E-state index is 12.1. The van der Waals surface area contributed by atoms with Gasteiger partial charge in [0.15, 0.2) is 6.61 Å². The molecule has 0 aliphatic rings. The van der Waals surface area contributed by atoms with E-state index >= 15 is 0 Å². The van der Waals surface area contributed by atoms with Gasteiger partial charge in [0.25, 0.3) is 17.3 Å². The fourth-order valence-electron chi connectivity index (χ4n) is 2.18. The molecule has 140 valence electrons. The molecule has 1 N–H and O–H groups in total. The first-order chi connectivity index (χ1) is 12.7. The predicted molar refractivity (Wildman–Crippen MR) is 94.9 cm³/mol. The van der Waals surface area contributed by atoms with Crippen molar-refractivity contribution in [3.05, 3.63) is 72.8 Å². The van der Waals surface area contributed by atoms with E-state index in [0.717, 1.165) is 12.1 Å². The van der Waals surface area contributed by atoms with Crippen LogP contribution in [0.15, 0.2) is 36.4 Å².